The van der Waals surface area contributed by atoms with E-state index in [4.69, 9.17) is 4.74 Å². The van der Waals surface area contributed by atoms with Crippen molar-refractivity contribution in [2.75, 3.05) is 30.4 Å². The van der Waals surface area contributed by atoms with E-state index in [1.165, 1.54) is 0 Å². The number of rotatable bonds is 4. The van der Waals surface area contributed by atoms with Gasteiger partial charge in [0.1, 0.15) is 0 Å². The fraction of sp³-hybridized carbons (Fsp3) is 0.333. The number of anilines is 3. The van der Waals surface area contributed by atoms with Crippen molar-refractivity contribution >= 4 is 28.5 Å². The first kappa shape index (κ1) is 13.7. The Bertz CT molecular complexity index is 826. The molecule has 0 saturated carbocycles. The predicted molar refractivity (Wildman–Crippen MR) is 87.2 cm³/mol. The van der Waals surface area contributed by atoms with Crippen molar-refractivity contribution in [3.05, 3.63) is 24.4 Å². The molecule has 0 amide bonds. The van der Waals surface area contributed by atoms with E-state index < -0.39 is 0 Å². The summed E-state index contributed by atoms with van der Waals surface area (Å²) in [7, 11) is 1.56. The number of hydrogen-bond acceptors (Lipinski definition) is 7. The van der Waals surface area contributed by atoms with Crippen molar-refractivity contribution in [1.82, 2.24) is 25.1 Å². The number of H-pyrrole nitrogens is 1. The van der Waals surface area contributed by atoms with Crippen LogP contribution in [0.3, 0.4) is 0 Å². The van der Waals surface area contributed by atoms with Gasteiger partial charge in [0, 0.05) is 24.2 Å². The lowest BCUT2D eigenvalue weighted by Gasteiger charge is -2.16. The first-order chi connectivity index (χ1) is 11.3. The minimum absolute atomic E-state index is 0.312. The van der Waals surface area contributed by atoms with Crippen LogP contribution < -0.4 is 15.0 Å². The molecule has 0 spiro atoms. The summed E-state index contributed by atoms with van der Waals surface area (Å²) in [5.74, 6) is 1.12. The summed E-state index contributed by atoms with van der Waals surface area (Å²) in [5, 5.41) is 11.2. The highest BCUT2D eigenvalue weighted by atomic mass is 16.5. The van der Waals surface area contributed by atoms with Crippen molar-refractivity contribution in [2.45, 2.75) is 12.8 Å². The normalized spacial score (nSPS) is 14.4. The van der Waals surface area contributed by atoms with Crippen LogP contribution in [0, 0.1) is 0 Å². The van der Waals surface area contributed by atoms with Crippen LogP contribution in [0.2, 0.25) is 0 Å². The van der Waals surface area contributed by atoms with Gasteiger partial charge in [-0.1, -0.05) is 0 Å². The van der Waals surface area contributed by atoms with Crippen molar-refractivity contribution in [3.8, 4) is 6.01 Å². The highest BCUT2D eigenvalue weighted by molar-refractivity contribution is 5.82. The van der Waals surface area contributed by atoms with Crippen LogP contribution in [-0.2, 0) is 0 Å². The zero-order valence-corrected chi connectivity index (χ0v) is 12.8. The van der Waals surface area contributed by atoms with Gasteiger partial charge in [-0.25, -0.2) is 0 Å². The molecule has 118 valence electrons. The minimum atomic E-state index is 0.312. The van der Waals surface area contributed by atoms with E-state index in [1.54, 1.807) is 13.3 Å². The van der Waals surface area contributed by atoms with Crippen LogP contribution in [0.15, 0.2) is 24.4 Å². The Morgan fingerprint density at radius 3 is 2.87 bits per heavy atom. The molecule has 2 N–H and O–H groups in total. The molecule has 2 aromatic heterocycles. The van der Waals surface area contributed by atoms with Crippen LogP contribution in [0.25, 0.3) is 10.9 Å². The second-order valence-corrected chi connectivity index (χ2v) is 5.44. The Balaban J connectivity index is 1.65. The molecule has 1 fully saturated rings. The van der Waals surface area contributed by atoms with Gasteiger partial charge in [0.05, 0.1) is 18.8 Å². The molecular formula is C15H17N7O. The Hall–Kier alpha value is -2.90. The van der Waals surface area contributed by atoms with Gasteiger partial charge in [-0.2, -0.15) is 20.1 Å². The number of methoxy groups -OCH3 is 1. The maximum Gasteiger partial charge on any atom is 0.322 e. The number of nitrogens with one attached hydrogen (secondary N) is 2. The van der Waals surface area contributed by atoms with Crippen LogP contribution in [0.4, 0.5) is 17.6 Å². The van der Waals surface area contributed by atoms with Crippen molar-refractivity contribution in [3.63, 3.8) is 0 Å². The molecule has 0 aliphatic carbocycles. The van der Waals surface area contributed by atoms with Crippen LogP contribution in [-0.4, -0.2) is 45.3 Å². The second-order valence-electron chi connectivity index (χ2n) is 5.44. The highest BCUT2D eigenvalue weighted by Crippen LogP contribution is 2.23. The summed E-state index contributed by atoms with van der Waals surface area (Å²) in [5.41, 5.74) is 1.83. The SMILES string of the molecule is COc1nc(Nc2ccc3cn[nH]c3c2)nc(N2CCCC2)n1. The molecule has 4 rings (SSSR count). The van der Waals surface area contributed by atoms with Gasteiger partial charge in [-0.15, -0.1) is 0 Å². The Kier molecular flexibility index (Phi) is 3.41. The van der Waals surface area contributed by atoms with E-state index in [1.807, 2.05) is 18.2 Å². The van der Waals surface area contributed by atoms with Gasteiger partial charge in [0.15, 0.2) is 0 Å². The third-order valence-electron chi connectivity index (χ3n) is 3.87. The molecule has 23 heavy (non-hydrogen) atoms. The standard InChI is InChI=1S/C15H17N7O/c1-23-15-19-13(18-14(20-15)22-6-2-3-7-22)17-11-5-4-10-9-16-21-12(10)8-11/h4-5,8-9H,2-3,6-7H2,1H3,(H,16,21)(H,17,18,19,20). The molecule has 0 bridgehead atoms. The maximum absolute atomic E-state index is 5.21. The molecule has 3 aromatic rings. The minimum Gasteiger partial charge on any atom is -0.467 e. The Morgan fingerprint density at radius 1 is 1.17 bits per heavy atom. The topological polar surface area (TPSA) is 91.8 Å². The third kappa shape index (κ3) is 2.75. The highest BCUT2D eigenvalue weighted by Gasteiger charge is 2.17. The van der Waals surface area contributed by atoms with Crippen LogP contribution in [0.1, 0.15) is 12.8 Å². The lowest BCUT2D eigenvalue weighted by atomic mass is 10.2. The van der Waals surface area contributed by atoms with Crippen LogP contribution >= 0.6 is 0 Å². The fourth-order valence-electron chi connectivity index (χ4n) is 2.70. The molecule has 0 radical (unpaired) electrons. The first-order valence-corrected chi connectivity index (χ1v) is 7.57. The lowest BCUT2D eigenvalue weighted by molar-refractivity contribution is 0.379. The molecule has 1 aliphatic rings. The molecule has 8 heteroatoms. The van der Waals surface area contributed by atoms with E-state index in [0.29, 0.717) is 17.9 Å². The molecule has 0 unspecified atom stereocenters. The van der Waals surface area contributed by atoms with Gasteiger partial charge in [0.2, 0.25) is 11.9 Å². The third-order valence-corrected chi connectivity index (χ3v) is 3.87. The average molecular weight is 311 g/mol. The first-order valence-electron chi connectivity index (χ1n) is 7.57. The van der Waals surface area contributed by atoms with Gasteiger partial charge in [0.25, 0.3) is 0 Å². The Morgan fingerprint density at radius 2 is 2.04 bits per heavy atom. The molecule has 3 heterocycles. The molecule has 1 aromatic carbocycles. The summed E-state index contributed by atoms with van der Waals surface area (Å²) in [6.45, 7) is 1.93. The van der Waals surface area contributed by atoms with E-state index in [-0.39, 0.29) is 0 Å². The van der Waals surface area contributed by atoms with Gasteiger partial charge < -0.3 is 15.0 Å². The number of aromatic amines is 1. The predicted octanol–water partition coefficient (Wildman–Crippen LogP) is 2.10. The number of fused-ring (bicyclic) bond motifs is 1. The van der Waals surface area contributed by atoms with Crippen molar-refractivity contribution in [2.24, 2.45) is 0 Å². The number of aromatic nitrogens is 5. The number of benzene rings is 1. The molecule has 1 saturated heterocycles. The summed E-state index contributed by atoms with van der Waals surface area (Å²) in [6.07, 6.45) is 4.11. The number of hydrogen-bond donors (Lipinski definition) is 2. The monoisotopic (exact) mass is 311 g/mol. The zero-order chi connectivity index (χ0) is 15.6. The van der Waals surface area contributed by atoms with Crippen molar-refractivity contribution < 1.29 is 4.74 Å². The zero-order valence-electron chi connectivity index (χ0n) is 12.8. The number of nitrogens with zero attached hydrogens (tertiary/aromatic N) is 5. The maximum atomic E-state index is 5.21. The lowest BCUT2D eigenvalue weighted by Crippen LogP contribution is -2.21. The van der Waals surface area contributed by atoms with Crippen LogP contribution in [0.5, 0.6) is 6.01 Å². The van der Waals surface area contributed by atoms with E-state index >= 15 is 0 Å². The summed E-state index contributed by atoms with van der Waals surface area (Å²) >= 11 is 0. The second kappa shape index (κ2) is 5.71. The summed E-state index contributed by atoms with van der Waals surface area (Å²) < 4.78 is 5.21. The fourth-order valence-corrected chi connectivity index (χ4v) is 2.70. The average Bonchev–Trinajstić information content (AvgIpc) is 3.25. The Labute approximate surface area is 132 Å². The van der Waals surface area contributed by atoms with Crippen molar-refractivity contribution in [1.29, 1.82) is 0 Å². The van der Waals surface area contributed by atoms with E-state index in [9.17, 15) is 0 Å². The van der Waals surface area contributed by atoms with E-state index in [2.05, 4.69) is 35.4 Å². The van der Waals surface area contributed by atoms with Gasteiger partial charge in [-0.05, 0) is 31.0 Å². The quantitative estimate of drug-likeness (QED) is 0.762. The molecule has 1 aliphatic heterocycles. The van der Waals surface area contributed by atoms with E-state index in [0.717, 1.165) is 42.5 Å². The van der Waals surface area contributed by atoms with Gasteiger partial charge in [-0.3, -0.25) is 5.10 Å². The van der Waals surface area contributed by atoms with Gasteiger partial charge >= 0.3 is 6.01 Å². The smallest absolute Gasteiger partial charge is 0.322 e. The summed E-state index contributed by atoms with van der Waals surface area (Å²) in [4.78, 5) is 15.3. The molecule has 8 nitrogen and oxygen atoms in total. The molecular weight excluding hydrogens is 294 g/mol. The number of ether oxygens (including phenoxy) is 1. The largest absolute Gasteiger partial charge is 0.467 e. The molecule has 0 atom stereocenters. The summed E-state index contributed by atoms with van der Waals surface area (Å²) in [6, 6.07) is 6.23.